The molecule has 0 spiro atoms. The maximum atomic E-state index is 12.2. The first-order valence-electron chi connectivity index (χ1n) is 6.60. The molecule has 22 heavy (non-hydrogen) atoms. The predicted octanol–water partition coefficient (Wildman–Crippen LogP) is 1.07. The summed E-state index contributed by atoms with van der Waals surface area (Å²) >= 11 is 1.14. The van der Waals surface area contributed by atoms with E-state index in [1.165, 1.54) is 20.2 Å². The molecule has 0 radical (unpaired) electrons. The minimum absolute atomic E-state index is 0. The molecule has 9 heteroatoms. The van der Waals surface area contributed by atoms with Gasteiger partial charge in [0, 0.05) is 27.2 Å². The highest BCUT2D eigenvalue weighted by molar-refractivity contribution is 7.89. The number of carbonyl (C=O) groups is 1. The van der Waals surface area contributed by atoms with Gasteiger partial charge in [-0.2, -0.15) is 0 Å². The third kappa shape index (κ3) is 4.30. The van der Waals surface area contributed by atoms with Crippen LogP contribution in [0.15, 0.2) is 28.0 Å². The van der Waals surface area contributed by atoms with Crippen LogP contribution in [0.2, 0.25) is 0 Å². The number of rotatable bonds is 5. The predicted molar refractivity (Wildman–Crippen MR) is 90.3 cm³/mol. The molecule has 0 bridgehead atoms. The van der Waals surface area contributed by atoms with Crippen molar-refractivity contribution in [3.8, 4) is 0 Å². The van der Waals surface area contributed by atoms with Gasteiger partial charge in [0.25, 0.3) is 5.91 Å². The van der Waals surface area contributed by atoms with Gasteiger partial charge >= 0.3 is 0 Å². The SMILES string of the molecule is CN(C)S(=O)(=O)c1ccsc1C(=O)NCC1=CCNCC1.Cl. The molecule has 1 amide bonds. The molecular weight excluding hydrogens is 346 g/mol. The Labute approximate surface area is 141 Å². The first-order valence-corrected chi connectivity index (χ1v) is 8.91. The van der Waals surface area contributed by atoms with Gasteiger partial charge in [-0.3, -0.25) is 4.79 Å². The summed E-state index contributed by atoms with van der Waals surface area (Å²) in [6.07, 6.45) is 2.95. The van der Waals surface area contributed by atoms with Crippen molar-refractivity contribution in [2.75, 3.05) is 33.7 Å². The first kappa shape index (κ1) is 19.1. The fraction of sp³-hybridized carbons (Fsp3) is 0.462. The van der Waals surface area contributed by atoms with Gasteiger partial charge in [-0.15, -0.1) is 23.7 Å². The lowest BCUT2D eigenvalue weighted by Crippen LogP contribution is -2.31. The van der Waals surface area contributed by atoms with Crippen molar-refractivity contribution in [3.63, 3.8) is 0 Å². The molecule has 0 saturated heterocycles. The number of hydrogen-bond donors (Lipinski definition) is 2. The lowest BCUT2D eigenvalue weighted by Gasteiger charge is -2.15. The Bertz CT molecular complexity index is 653. The highest BCUT2D eigenvalue weighted by atomic mass is 35.5. The van der Waals surface area contributed by atoms with Crippen LogP contribution in [0.5, 0.6) is 0 Å². The van der Waals surface area contributed by atoms with Crippen molar-refractivity contribution in [1.29, 1.82) is 0 Å². The Hall–Kier alpha value is -0.930. The number of halogens is 1. The number of carbonyl (C=O) groups excluding carboxylic acids is 1. The monoisotopic (exact) mass is 365 g/mol. The van der Waals surface area contributed by atoms with Crippen molar-refractivity contribution in [2.45, 2.75) is 11.3 Å². The molecule has 6 nitrogen and oxygen atoms in total. The molecule has 1 aliphatic heterocycles. The Kier molecular flexibility index (Phi) is 7.01. The molecule has 1 aromatic heterocycles. The van der Waals surface area contributed by atoms with Crippen LogP contribution in [0.4, 0.5) is 0 Å². The number of nitrogens with zero attached hydrogens (tertiary/aromatic N) is 1. The number of sulfonamides is 1. The molecule has 0 saturated carbocycles. The van der Waals surface area contributed by atoms with E-state index in [2.05, 4.69) is 16.7 Å². The smallest absolute Gasteiger partial charge is 0.263 e. The summed E-state index contributed by atoms with van der Waals surface area (Å²) in [4.78, 5) is 12.5. The van der Waals surface area contributed by atoms with E-state index in [4.69, 9.17) is 0 Å². The summed E-state index contributed by atoms with van der Waals surface area (Å²) in [5.41, 5.74) is 1.16. The molecule has 0 aliphatic carbocycles. The number of thiophene rings is 1. The van der Waals surface area contributed by atoms with Crippen molar-refractivity contribution >= 4 is 39.7 Å². The molecule has 2 heterocycles. The Morgan fingerprint density at radius 2 is 2.18 bits per heavy atom. The summed E-state index contributed by atoms with van der Waals surface area (Å²) in [7, 11) is -0.688. The van der Waals surface area contributed by atoms with Crippen LogP contribution in [-0.2, 0) is 10.0 Å². The summed E-state index contributed by atoms with van der Waals surface area (Å²) in [5.74, 6) is -0.343. The first-order chi connectivity index (χ1) is 9.93. The maximum Gasteiger partial charge on any atom is 0.263 e. The molecule has 0 fully saturated rings. The zero-order chi connectivity index (χ0) is 15.5. The van der Waals surface area contributed by atoms with Crippen LogP contribution in [0.25, 0.3) is 0 Å². The van der Waals surface area contributed by atoms with E-state index in [0.717, 1.165) is 40.7 Å². The van der Waals surface area contributed by atoms with Gasteiger partial charge in [-0.25, -0.2) is 12.7 Å². The summed E-state index contributed by atoms with van der Waals surface area (Å²) < 4.78 is 25.4. The van der Waals surface area contributed by atoms with Crippen LogP contribution >= 0.6 is 23.7 Å². The van der Waals surface area contributed by atoms with Gasteiger partial charge < -0.3 is 10.6 Å². The van der Waals surface area contributed by atoms with Crippen molar-refractivity contribution in [3.05, 3.63) is 28.0 Å². The minimum Gasteiger partial charge on any atom is -0.348 e. The third-order valence-electron chi connectivity index (χ3n) is 3.23. The highest BCUT2D eigenvalue weighted by Crippen LogP contribution is 2.24. The standard InChI is InChI=1S/C13H19N3O3S2.ClH/c1-16(2)21(18,19)11-5-8-20-12(11)13(17)15-9-10-3-6-14-7-4-10;/h3,5,8,14H,4,6-7,9H2,1-2H3,(H,15,17);1H. The second kappa shape index (κ2) is 8.07. The van der Waals surface area contributed by atoms with E-state index in [1.54, 1.807) is 5.38 Å². The fourth-order valence-corrected chi connectivity index (χ4v) is 4.18. The minimum atomic E-state index is -3.59. The summed E-state index contributed by atoms with van der Waals surface area (Å²) in [5, 5.41) is 7.62. The Morgan fingerprint density at radius 3 is 2.77 bits per heavy atom. The quantitative estimate of drug-likeness (QED) is 0.765. The molecular formula is C13H20ClN3O3S2. The van der Waals surface area contributed by atoms with E-state index < -0.39 is 10.0 Å². The zero-order valence-corrected chi connectivity index (χ0v) is 14.9. The van der Waals surface area contributed by atoms with Crippen LogP contribution in [-0.4, -0.2) is 52.4 Å². The molecule has 0 unspecified atom stereocenters. The second-order valence-corrected chi connectivity index (χ2v) is 7.94. The van der Waals surface area contributed by atoms with E-state index in [0.29, 0.717) is 6.54 Å². The third-order valence-corrected chi connectivity index (χ3v) is 6.13. The van der Waals surface area contributed by atoms with Crippen molar-refractivity contribution < 1.29 is 13.2 Å². The Morgan fingerprint density at radius 1 is 1.45 bits per heavy atom. The van der Waals surface area contributed by atoms with E-state index in [-0.39, 0.29) is 28.1 Å². The number of amides is 1. The largest absolute Gasteiger partial charge is 0.348 e. The fourth-order valence-electron chi connectivity index (χ4n) is 1.97. The van der Waals surface area contributed by atoms with Crippen LogP contribution in [0.3, 0.4) is 0 Å². The van der Waals surface area contributed by atoms with Gasteiger partial charge in [0.2, 0.25) is 10.0 Å². The van der Waals surface area contributed by atoms with Crippen molar-refractivity contribution in [2.24, 2.45) is 0 Å². The Balaban J connectivity index is 0.00000242. The molecule has 2 rings (SSSR count). The molecule has 1 aromatic rings. The highest BCUT2D eigenvalue weighted by Gasteiger charge is 2.25. The van der Waals surface area contributed by atoms with Gasteiger partial charge in [-0.05, 0) is 24.4 Å². The summed E-state index contributed by atoms with van der Waals surface area (Å²) in [6.45, 7) is 2.17. The second-order valence-electron chi connectivity index (χ2n) is 4.90. The van der Waals surface area contributed by atoms with Crippen LogP contribution < -0.4 is 10.6 Å². The average molecular weight is 366 g/mol. The molecule has 2 N–H and O–H groups in total. The van der Waals surface area contributed by atoms with E-state index in [1.807, 2.05) is 0 Å². The molecule has 0 atom stereocenters. The number of hydrogen-bond acceptors (Lipinski definition) is 5. The van der Waals surface area contributed by atoms with Crippen molar-refractivity contribution in [1.82, 2.24) is 14.9 Å². The molecule has 0 aromatic carbocycles. The molecule has 124 valence electrons. The molecule has 1 aliphatic rings. The van der Waals surface area contributed by atoms with E-state index in [9.17, 15) is 13.2 Å². The van der Waals surface area contributed by atoms with Gasteiger partial charge in [0.05, 0.1) is 0 Å². The topological polar surface area (TPSA) is 78.5 Å². The van der Waals surface area contributed by atoms with Crippen LogP contribution in [0, 0.1) is 0 Å². The maximum absolute atomic E-state index is 12.2. The van der Waals surface area contributed by atoms with E-state index >= 15 is 0 Å². The number of nitrogens with one attached hydrogen (secondary N) is 2. The van der Waals surface area contributed by atoms with Crippen LogP contribution in [0.1, 0.15) is 16.1 Å². The average Bonchev–Trinajstić information content (AvgIpc) is 2.96. The van der Waals surface area contributed by atoms with Gasteiger partial charge in [0.1, 0.15) is 9.77 Å². The lowest BCUT2D eigenvalue weighted by molar-refractivity contribution is 0.0957. The normalized spacial score (nSPS) is 15.1. The summed E-state index contributed by atoms with van der Waals surface area (Å²) in [6, 6.07) is 1.47. The lowest BCUT2D eigenvalue weighted by atomic mass is 10.1. The zero-order valence-electron chi connectivity index (χ0n) is 12.5. The van der Waals surface area contributed by atoms with Gasteiger partial charge in [-0.1, -0.05) is 11.6 Å². The van der Waals surface area contributed by atoms with Gasteiger partial charge in [0.15, 0.2) is 0 Å².